The largest absolute Gasteiger partial charge is 0.756 e. The van der Waals surface area contributed by atoms with Crippen molar-refractivity contribution < 1.29 is 47.2 Å². The lowest BCUT2D eigenvalue weighted by Gasteiger charge is -2.28. The highest BCUT2D eigenvalue weighted by atomic mass is 31.2. The average molecular weight is 824 g/mol. The highest BCUT2D eigenvalue weighted by Crippen LogP contribution is 2.38. The fourth-order valence-corrected chi connectivity index (χ4v) is 6.27. The number of hydrogen-bond acceptors (Lipinski definition) is 9. The van der Waals surface area contributed by atoms with Gasteiger partial charge in [-0.1, -0.05) is 139 Å². The Bertz CT molecular complexity index is 1170. The van der Waals surface area contributed by atoms with Crippen molar-refractivity contribution in [2.24, 2.45) is 0 Å². The van der Waals surface area contributed by atoms with Gasteiger partial charge in [-0.25, -0.2) is 0 Å². The minimum atomic E-state index is -4.66. The maximum Gasteiger partial charge on any atom is 0.306 e. The van der Waals surface area contributed by atoms with Gasteiger partial charge < -0.3 is 33.0 Å². The van der Waals surface area contributed by atoms with Crippen LogP contribution in [0.4, 0.5) is 0 Å². The summed E-state index contributed by atoms with van der Waals surface area (Å²) in [5, 5.41) is 10.1. The zero-order chi connectivity index (χ0) is 42.3. The Labute approximate surface area is 348 Å². The van der Waals surface area contributed by atoms with Crippen LogP contribution in [0.2, 0.25) is 0 Å². The van der Waals surface area contributed by atoms with E-state index in [-0.39, 0.29) is 26.1 Å². The van der Waals surface area contributed by atoms with E-state index in [0.29, 0.717) is 43.1 Å². The Morgan fingerprint density at radius 1 is 0.649 bits per heavy atom. The van der Waals surface area contributed by atoms with Crippen molar-refractivity contribution in [2.45, 2.75) is 174 Å². The average Bonchev–Trinajstić information content (AvgIpc) is 3.15. The first-order valence-electron chi connectivity index (χ1n) is 22.1. The number of carbonyl (C=O) groups excluding carboxylic acids is 2. The van der Waals surface area contributed by atoms with Gasteiger partial charge in [0, 0.05) is 12.8 Å². The van der Waals surface area contributed by atoms with Crippen LogP contribution in [0.25, 0.3) is 0 Å². The van der Waals surface area contributed by atoms with Crippen LogP contribution >= 0.6 is 7.82 Å². The molecule has 0 aliphatic rings. The maximum atomic E-state index is 12.7. The van der Waals surface area contributed by atoms with Crippen molar-refractivity contribution in [3.63, 3.8) is 0 Å². The van der Waals surface area contributed by atoms with Gasteiger partial charge in [-0.3, -0.25) is 14.2 Å². The molecule has 57 heavy (non-hydrogen) atoms. The second-order valence-electron chi connectivity index (χ2n) is 15.9. The summed E-state index contributed by atoms with van der Waals surface area (Å²) in [6.45, 7) is 4.01. The monoisotopic (exact) mass is 824 g/mol. The van der Waals surface area contributed by atoms with Crippen LogP contribution in [0.3, 0.4) is 0 Å². The van der Waals surface area contributed by atoms with Crippen LogP contribution in [-0.4, -0.2) is 81.2 Å². The molecule has 0 fully saturated rings. The van der Waals surface area contributed by atoms with Crippen molar-refractivity contribution in [3.8, 4) is 0 Å². The Balaban J connectivity index is 4.53. The minimum absolute atomic E-state index is 0.0555. The van der Waals surface area contributed by atoms with Crippen LogP contribution in [0.5, 0.6) is 0 Å². The predicted octanol–water partition coefficient (Wildman–Crippen LogP) is 10.8. The summed E-state index contributed by atoms with van der Waals surface area (Å²) >= 11 is 0. The van der Waals surface area contributed by atoms with E-state index < -0.39 is 38.6 Å². The van der Waals surface area contributed by atoms with Gasteiger partial charge in [-0.15, -0.1) is 0 Å². The number of phosphoric ester groups is 1. The molecule has 0 bridgehead atoms. The molecule has 1 N–H and O–H groups in total. The van der Waals surface area contributed by atoms with E-state index in [0.717, 1.165) is 32.1 Å². The zero-order valence-electron chi connectivity index (χ0n) is 36.6. The van der Waals surface area contributed by atoms with Crippen LogP contribution in [-0.2, 0) is 32.7 Å². The zero-order valence-corrected chi connectivity index (χ0v) is 37.5. The maximum absolute atomic E-state index is 12.7. The molecule has 0 spiro atoms. The van der Waals surface area contributed by atoms with Gasteiger partial charge in [0.1, 0.15) is 19.8 Å². The van der Waals surface area contributed by atoms with Crippen molar-refractivity contribution in [2.75, 3.05) is 47.5 Å². The minimum Gasteiger partial charge on any atom is -0.756 e. The number of ether oxygens (including phenoxy) is 2. The molecule has 0 radical (unpaired) electrons. The number of rotatable bonds is 39. The van der Waals surface area contributed by atoms with Gasteiger partial charge in [0.05, 0.1) is 33.9 Å². The van der Waals surface area contributed by atoms with Crippen molar-refractivity contribution >= 4 is 19.8 Å². The van der Waals surface area contributed by atoms with E-state index in [4.69, 9.17) is 18.5 Å². The van der Waals surface area contributed by atoms with Crippen LogP contribution in [0, 0.1) is 0 Å². The third kappa shape index (κ3) is 41.6. The lowest BCUT2D eigenvalue weighted by Crippen LogP contribution is -2.37. The molecule has 0 rings (SSSR count). The molecule has 330 valence electrons. The van der Waals surface area contributed by atoms with E-state index in [2.05, 4.69) is 32.1 Å². The van der Waals surface area contributed by atoms with E-state index >= 15 is 0 Å². The molecule has 3 atom stereocenters. The summed E-state index contributed by atoms with van der Waals surface area (Å²) in [5.41, 5.74) is 0. The molecule has 0 amide bonds. The van der Waals surface area contributed by atoms with Crippen LogP contribution in [0.1, 0.15) is 162 Å². The van der Waals surface area contributed by atoms with Gasteiger partial charge >= 0.3 is 11.9 Å². The summed E-state index contributed by atoms with van der Waals surface area (Å²) in [4.78, 5) is 37.5. The number of quaternary nitrogens is 1. The first kappa shape index (κ1) is 54.7. The lowest BCUT2D eigenvalue weighted by molar-refractivity contribution is -0.870. The molecular weight excluding hydrogens is 741 g/mol. The Morgan fingerprint density at radius 2 is 1.19 bits per heavy atom. The third-order valence-electron chi connectivity index (χ3n) is 9.09. The number of nitrogens with zero attached hydrogens (tertiary/aromatic N) is 1. The summed E-state index contributed by atoms with van der Waals surface area (Å²) in [7, 11) is 1.08. The molecule has 0 aliphatic carbocycles. The summed E-state index contributed by atoms with van der Waals surface area (Å²) in [5.74, 6) is -0.951. The molecule has 0 aromatic heterocycles. The highest BCUT2D eigenvalue weighted by Gasteiger charge is 2.21. The SMILES string of the molecule is CCCCC/C=C\C=C/[C@H](O)C/C=C\C/C=C/CCCC(=O)O[C@H](COC(=O)CCCCCCCCC/C=C\CCCCCC)COP(=O)([O-])OCC[N+](C)(C)C. The molecule has 0 saturated heterocycles. The molecule has 0 saturated carbocycles. The predicted molar refractivity (Wildman–Crippen MR) is 232 cm³/mol. The van der Waals surface area contributed by atoms with Crippen molar-refractivity contribution in [1.82, 2.24) is 0 Å². The fraction of sp³-hybridized carbons (Fsp3) is 0.739. The van der Waals surface area contributed by atoms with E-state index in [9.17, 15) is 24.2 Å². The van der Waals surface area contributed by atoms with Gasteiger partial charge in [0.2, 0.25) is 0 Å². The number of aliphatic hydroxyl groups excluding tert-OH is 1. The summed E-state index contributed by atoms with van der Waals surface area (Å²) in [6.07, 6.45) is 41.3. The molecule has 0 aromatic rings. The Morgan fingerprint density at radius 3 is 1.88 bits per heavy atom. The number of hydrogen-bond donors (Lipinski definition) is 1. The molecule has 0 heterocycles. The smallest absolute Gasteiger partial charge is 0.306 e. The third-order valence-corrected chi connectivity index (χ3v) is 10.1. The van der Waals surface area contributed by atoms with Gasteiger partial charge in [0.25, 0.3) is 7.82 Å². The first-order chi connectivity index (χ1) is 27.4. The molecule has 0 aromatic carbocycles. The first-order valence-corrected chi connectivity index (χ1v) is 23.6. The quantitative estimate of drug-likeness (QED) is 0.0161. The fourth-order valence-electron chi connectivity index (χ4n) is 5.54. The number of unbranched alkanes of at least 4 members (excludes halogenated alkanes) is 15. The molecular formula is C46H82NO9P. The summed E-state index contributed by atoms with van der Waals surface area (Å²) in [6, 6.07) is 0. The van der Waals surface area contributed by atoms with Crippen molar-refractivity contribution in [1.29, 1.82) is 0 Å². The van der Waals surface area contributed by atoms with Crippen LogP contribution < -0.4 is 4.89 Å². The number of allylic oxidation sites excluding steroid dienone is 8. The Kier molecular flexibility index (Phi) is 36.4. The van der Waals surface area contributed by atoms with Crippen molar-refractivity contribution in [3.05, 3.63) is 60.8 Å². The van der Waals surface area contributed by atoms with Gasteiger partial charge in [0.15, 0.2) is 6.10 Å². The molecule has 0 aliphatic heterocycles. The highest BCUT2D eigenvalue weighted by molar-refractivity contribution is 7.45. The Hall–Kier alpha value is -2.33. The van der Waals surface area contributed by atoms with Gasteiger partial charge in [-0.05, 0) is 70.6 Å². The number of aliphatic hydroxyl groups is 1. The van der Waals surface area contributed by atoms with Gasteiger partial charge in [-0.2, -0.15) is 0 Å². The standard InChI is InChI=1S/C46H82NO9P/c1-6-8-10-12-14-15-16-17-18-19-20-21-25-29-33-37-45(49)53-41-44(42-55-57(51,52)54-40-39-47(3,4)5)56-46(50)38-34-30-26-22-24-28-32-36-43(48)35-31-27-23-13-11-9-7-2/h15-16,22-23,26-28,31-32,35,43-44,48H,6-14,17-21,24-25,29-30,33-34,36-42H2,1-5H3/b16-15-,26-22+,27-23-,32-28-,35-31-/t43-,44+/m0/s1. The second-order valence-corrected chi connectivity index (χ2v) is 17.3. The van der Waals surface area contributed by atoms with E-state index in [1.54, 1.807) is 6.08 Å². The van der Waals surface area contributed by atoms with E-state index in [1.807, 2.05) is 57.6 Å². The lowest BCUT2D eigenvalue weighted by atomic mass is 10.1. The molecule has 10 nitrogen and oxygen atoms in total. The number of esters is 2. The number of phosphoric acid groups is 1. The van der Waals surface area contributed by atoms with E-state index in [1.165, 1.54) is 70.6 Å². The second kappa shape index (κ2) is 37.9. The molecule has 11 heteroatoms. The molecule has 1 unspecified atom stereocenters. The summed E-state index contributed by atoms with van der Waals surface area (Å²) < 4.78 is 33.8. The van der Waals surface area contributed by atoms with Crippen LogP contribution in [0.15, 0.2) is 60.8 Å². The normalized spacial score (nSPS) is 14.7. The number of carbonyl (C=O) groups is 2. The number of likely N-dealkylation sites (N-methyl/N-ethyl adjacent to an activating group) is 1. The topological polar surface area (TPSA) is 131 Å².